The van der Waals surface area contributed by atoms with E-state index in [-0.39, 0.29) is 22.4 Å². The lowest BCUT2D eigenvalue weighted by Crippen LogP contribution is -2.49. The molecule has 0 saturated heterocycles. The SMILES string of the molecule is O=c1[nH]c(=S)n(C2CCCC2)c2nc(C34CC5CC(CC(C5)C3)C4)cc(C(F)F)c12. The van der Waals surface area contributed by atoms with Crippen LogP contribution in [-0.2, 0) is 5.41 Å². The van der Waals surface area contributed by atoms with E-state index in [0.29, 0.717) is 28.2 Å². The summed E-state index contributed by atoms with van der Waals surface area (Å²) in [6.45, 7) is 0. The quantitative estimate of drug-likeness (QED) is 0.609. The minimum absolute atomic E-state index is 0.0268. The van der Waals surface area contributed by atoms with E-state index in [1.807, 2.05) is 4.57 Å². The number of fused-ring (bicyclic) bond motifs is 1. The number of H-pyrrole nitrogens is 1. The monoisotopic (exact) mass is 431 g/mol. The van der Waals surface area contributed by atoms with Crippen LogP contribution in [0.15, 0.2) is 10.9 Å². The molecule has 0 aromatic carbocycles. The summed E-state index contributed by atoms with van der Waals surface area (Å²) in [5.41, 5.74) is 0.359. The van der Waals surface area contributed by atoms with Crippen molar-refractivity contribution in [3.05, 3.63) is 32.4 Å². The van der Waals surface area contributed by atoms with Crippen molar-refractivity contribution < 1.29 is 8.78 Å². The Morgan fingerprint density at radius 1 is 1.10 bits per heavy atom. The molecule has 1 N–H and O–H groups in total. The average Bonchev–Trinajstić information content (AvgIpc) is 3.20. The van der Waals surface area contributed by atoms with Gasteiger partial charge in [0.05, 0.1) is 5.39 Å². The number of rotatable bonds is 3. The number of pyridine rings is 1. The van der Waals surface area contributed by atoms with Crippen LogP contribution in [0.5, 0.6) is 0 Å². The van der Waals surface area contributed by atoms with E-state index in [4.69, 9.17) is 17.2 Å². The highest BCUT2D eigenvalue weighted by molar-refractivity contribution is 7.71. The molecule has 30 heavy (non-hydrogen) atoms. The van der Waals surface area contributed by atoms with Gasteiger partial charge in [0.25, 0.3) is 12.0 Å². The highest BCUT2D eigenvalue weighted by Gasteiger charge is 2.52. The Kier molecular flexibility index (Phi) is 4.25. The van der Waals surface area contributed by atoms with E-state index >= 15 is 0 Å². The summed E-state index contributed by atoms with van der Waals surface area (Å²) in [6.07, 6.45) is 8.36. The number of nitrogens with zero attached hydrogens (tertiary/aromatic N) is 2. The Labute approximate surface area is 179 Å². The van der Waals surface area contributed by atoms with Crippen molar-refractivity contribution in [1.82, 2.24) is 14.5 Å². The number of hydrogen-bond acceptors (Lipinski definition) is 3. The zero-order valence-corrected chi connectivity index (χ0v) is 17.8. The van der Waals surface area contributed by atoms with E-state index in [1.165, 1.54) is 19.3 Å². The van der Waals surface area contributed by atoms with E-state index in [1.54, 1.807) is 6.07 Å². The third kappa shape index (κ3) is 2.76. The number of halogens is 2. The summed E-state index contributed by atoms with van der Waals surface area (Å²) in [5.74, 6) is 2.08. The molecule has 5 fully saturated rings. The van der Waals surface area contributed by atoms with Crippen LogP contribution in [0.25, 0.3) is 11.0 Å². The maximum absolute atomic E-state index is 14.2. The lowest BCUT2D eigenvalue weighted by atomic mass is 9.48. The first-order valence-corrected chi connectivity index (χ1v) is 11.8. The minimum atomic E-state index is -2.71. The molecule has 0 radical (unpaired) electrons. The summed E-state index contributed by atoms with van der Waals surface area (Å²) in [4.78, 5) is 20.4. The van der Waals surface area contributed by atoms with Crippen molar-refractivity contribution in [3.63, 3.8) is 0 Å². The van der Waals surface area contributed by atoms with Crippen LogP contribution in [0.4, 0.5) is 8.78 Å². The average molecular weight is 432 g/mol. The molecule has 2 aromatic heterocycles. The molecule has 5 aliphatic rings. The number of aromatic nitrogens is 3. The van der Waals surface area contributed by atoms with Crippen LogP contribution in [0.3, 0.4) is 0 Å². The predicted molar refractivity (Wildman–Crippen MR) is 113 cm³/mol. The van der Waals surface area contributed by atoms with Crippen molar-refractivity contribution in [2.24, 2.45) is 17.8 Å². The molecule has 2 aromatic rings. The second-order valence-corrected chi connectivity index (χ2v) is 10.7. The zero-order valence-electron chi connectivity index (χ0n) is 17.0. The van der Waals surface area contributed by atoms with Gasteiger partial charge in [0.1, 0.15) is 5.65 Å². The zero-order chi connectivity index (χ0) is 20.6. The molecule has 0 amide bonds. The van der Waals surface area contributed by atoms with Gasteiger partial charge in [-0.25, -0.2) is 13.8 Å². The normalized spacial score (nSPS) is 33.2. The van der Waals surface area contributed by atoms with Crippen LogP contribution < -0.4 is 5.56 Å². The number of aromatic amines is 1. The van der Waals surface area contributed by atoms with Gasteiger partial charge in [-0.1, -0.05) is 12.8 Å². The van der Waals surface area contributed by atoms with Crippen molar-refractivity contribution in [2.75, 3.05) is 0 Å². The maximum Gasteiger partial charge on any atom is 0.264 e. The van der Waals surface area contributed by atoms with Crippen molar-refractivity contribution in [1.29, 1.82) is 0 Å². The van der Waals surface area contributed by atoms with Crippen LogP contribution >= 0.6 is 12.2 Å². The maximum atomic E-state index is 14.2. The fraction of sp³-hybridized carbons (Fsp3) is 0.696. The van der Waals surface area contributed by atoms with Gasteiger partial charge in [-0.15, -0.1) is 0 Å². The van der Waals surface area contributed by atoms with Crippen LogP contribution in [0, 0.1) is 22.5 Å². The second kappa shape index (κ2) is 6.68. The third-order valence-corrected chi connectivity index (χ3v) is 8.73. The molecular weight excluding hydrogens is 404 g/mol. The molecule has 2 heterocycles. The van der Waals surface area contributed by atoms with E-state index < -0.39 is 12.0 Å². The van der Waals surface area contributed by atoms with Crippen molar-refractivity contribution in [3.8, 4) is 0 Å². The molecule has 4 bridgehead atoms. The Morgan fingerprint density at radius 2 is 1.70 bits per heavy atom. The van der Waals surface area contributed by atoms with Crippen LogP contribution in [-0.4, -0.2) is 14.5 Å². The van der Waals surface area contributed by atoms with Gasteiger partial charge in [0.15, 0.2) is 4.77 Å². The van der Waals surface area contributed by atoms with Crippen molar-refractivity contribution in [2.45, 2.75) is 82.1 Å². The molecule has 7 rings (SSSR count). The van der Waals surface area contributed by atoms with Gasteiger partial charge in [0.2, 0.25) is 0 Å². The molecule has 160 valence electrons. The Hall–Kier alpha value is -1.63. The molecular formula is C23H27F2N3OS. The Morgan fingerprint density at radius 3 is 2.27 bits per heavy atom. The number of nitrogens with one attached hydrogen (secondary N) is 1. The van der Waals surface area contributed by atoms with E-state index in [2.05, 4.69) is 4.98 Å². The van der Waals surface area contributed by atoms with Crippen LogP contribution in [0.1, 0.15) is 87.9 Å². The predicted octanol–water partition coefficient (Wildman–Crippen LogP) is 5.97. The molecule has 5 aliphatic carbocycles. The first-order chi connectivity index (χ1) is 14.4. The van der Waals surface area contributed by atoms with E-state index in [9.17, 15) is 13.6 Å². The van der Waals surface area contributed by atoms with Gasteiger partial charge >= 0.3 is 0 Å². The minimum Gasteiger partial charge on any atom is -0.299 e. The lowest BCUT2D eigenvalue weighted by Gasteiger charge is -2.56. The van der Waals surface area contributed by atoms with Crippen molar-refractivity contribution >= 4 is 23.3 Å². The molecule has 5 saturated carbocycles. The van der Waals surface area contributed by atoms with E-state index in [0.717, 1.165) is 50.6 Å². The summed E-state index contributed by atoms with van der Waals surface area (Å²) < 4.78 is 30.6. The summed E-state index contributed by atoms with van der Waals surface area (Å²) in [5, 5.41) is 0.0268. The third-order valence-electron chi connectivity index (χ3n) is 8.43. The fourth-order valence-electron chi connectivity index (χ4n) is 7.64. The summed E-state index contributed by atoms with van der Waals surface area (Å²) >= 11 is 5.50. The van der Waals surface area contributed by atoms with Gasteiger partial charge in [-0.2, -0.15) is 0 Å². The molecule has 0 spiro atoms. The number of hydrogen-bond donors (Lipinski definition) is 1. The first-order valence-electron chi connectivity index (χ1n) is 11.4. The molecule has 0 unspecified atom stereocenters. The Balaban J connectivity index is 1.62. The summed E-state index contributed by atoms with van der Waals surface area (Å²) in [6, 6.07) is 1.69. The highest BCUT2D eigenvalue weighted by Crippen LogP contribution is 2.60. The smallest absolute Gasteiger partial charge is 0.264 e. The second-order valence-electron chi connectivity index (χ2n) is 10.4. The molecule has 0 atom stereocenters. The van der Waals surface area contributed by atoms with Gasteiger partial charge in [0, 0.05) is 22.7 Å². The molecule has 0 aliphatic heterocycles. The topological polar surface area (TPSA) is 50.7 Å². The largest absolute Gasteiger partial charge is 0.299 e. The summed E-state index contributed by atoms with van der Waals surface area (Å²) in [7, 11) is 0. The van der Waals surface area contributed by atoms with Crippen LogP contribution in [0.2, 0.25) is 0 Å². The van der Waals surface area contributed by atoms with Gasteiger partial charge in [-0.05, 0) is 87.4 Å². The first kappa shape index (κ1) is 19.1. The number of alkyl halides is 2. The lowest BCUT2D eigenvalue weighted by molar-refractivity contribution is -0.00723. The molecule has 7 heteroatoms. The van der Waals surface area contributed by atoms with Gasteiger partial charge < -0.3 is 0 Å². The molecule has 4 nitrogen and oxygen atoms in total. The fourth-order valence-corrected chi connectivity index (χ4v) is 7.97. The highest BCUT2D eigenvalue weighted by atomic mass is 32.1. The Bertz CT molecular complexity index is 1100. The van der Waals surface area contributed by atoms with Gasteiger partial charge in [-0.3, -0.25) is 14.3 Å². The standard InChI is InChI=1S/C23H27F2N3OS/c24-19(25)16-8-17(23-9-12-5-13(10-23)7-14(6-12)11-23)26-20-18(16)21(29)27-22(30)28(20)15-3-1-2-4-15/h8,12-15,19H,1-7,9-11H2,(H,27,29,30).